The minimum Gasteiger partial charge on any atom is -0.471 e. The van der Waals surface area contributed by atoms with E-state index in [0.717, 1.165) is 12.1 Å². The molecule has 0 aromatic carbocycles. The highest BCUT2D eigenvalue weighted by Gasteiger charge is 2.30. The van der Waals surface area contributed by atoms with Gasteiger partial charge in [-0.2, -0.15) is 5.10 Å². The van der Waals surface area contributed by atoms with Crippen molar-refractivity contribution in [2.24, 2.45) is 0 Å². The number of hydrogen-bond acceptors (Lipinski definition) is 6. The lowest BCUT2D eigenvalue weighted by Gasteiger charge is -2.16. The van der Waals surface area contributed by atoms with Gasteiger partial charge in [0.25, 0.3) is 5.91 Å². The van der Waals surface area contributed by atoms with Crippen LogP contribution in [0.25, 0.3) is 0 Å². The Morgan fingerprint density at radius 2 is 2.24 bits per heavy atom. The zero-order chi connectivity index (χ0) is 14.8. The number of hydrogen-bond donors (Lipinski definition) is 0. The zero-order valence-corrected chi connectivity index (χ0v) is 11.9. The number of nitrogens with zero attached hydrogens (tertiary/aromatic N) is 4. The number of carbonyl (C=O) groups is 1. The van der Waals surface area contributed by atoms with E-state index in [-0.39, 0.29) is 12.0 Å². The normalized spacial score (nSPS) is 18.0. The van der Waals surface area contributed by atoms with Gasteiger partial charge in [-0.1, -0.05) is 5.16 Å². The molecule has 1 saturated heterocycles. The molecule has 0 spiro atoms. The summed E-state index contributed by atoms with van der Waals surface area (Å²) in [4.78, 5) is 14.1. The zero-order valence-electron chi connectivity index (χ0n) is 11.9. The van der Waals surface area contributed by atoms with Crippen molar-refractivity contribution in [2.45, 2.75) is 26.4 Å². The first-order valence-electron chi connectivity index (χ1n) is 6.81. The van der Waals surface area contributed by atoms with Crippen molar-refractivity contribution in [3.05, 3.63) is 35.3 Å². The van der Waals surface area contributed by atoms with Crippen LogP contribution in [0.3, 0.4) is 0 Å². The van der Waals surface area contributed by atoms with Crippen LogP contribution in [0.5, 0.6) is 5.88 Å². The molecule has 1 fully saturated rings. The summed E-state index contributed by atoms with van der Waals surface area (Å²) in [5, 5.41) is 11.6. The smallest absolute Gasteiger partial charge is 0.259 e. The largest absolute Gasteiger partial charge is 0.471 e. The van der Waals surface area contributed by atoms with Gasteiger partial charge in [-0.15, -0.1) is 5.10 Å². The first-order valence-corrected chi connectivity index (χ1v) is 6.81. The number of carbonyl (C=O) groups excluding carboxylic acids is 1. The monoisotopic (exact) mass is 288 g/mol. The third-order valence-electron chi connectivity index (χ3n) is 3.47. The molecule has 0 N–H and O–H groups in total. The van der Waals surface area contributed by atoms with Gasteiger partial charge in [0.1, 0.15) is 17.4 Å². The van der Waals surface area contributed by atoms with Gasteiger partial charge in [0, 0.05) is 19.0 Å². The standard InChI is InChI=1S/C14H16N4O3/c1-9-3-4-13(17-16-9)20-11-5-6-18(8-11)14(19)12-7-15-21-10(12)2/h3-4,7,11H,5-6,8H2,1-2H3. The average Bonchev–Trinajstić information content (AvgIpc) is 3.10. The fourth-order valence-corrected chi connectivity index (χ4v) is 2.30. The van der Waals surface area contributed by atoms with Gasteiger partial charge in [-0.25, -0.2) is 0 Å². The van der Waals surface area contributed by atoms with Crippen molar-refractivity contribution in [2.75, 3.05) is 13.1 Å². The van der Waals surface area contributed by atoms with Gasteiger partial charge in [-0.05, 0) is 19.9 Å². The Morgan fingerprint density at radius 3 is 2.90 bits per heavy atom. The molecule has 0 radical (unpaired) electrons. The van der Waals surface area contributed by atoms with E-state index in [9.17, 15) is 4.79 Å². The Bertz CT molecular complexity index is 638. The van der Waals surface area contributed by atoms with Crippen LogP contribution < -0.4 is 4.74 Å². The molecule has 1 aliphatic rings. The Balaban J connectivity index is 1.62. The molecule has 7 heteroatoms. The van der Waals surface area contributed by atoms with E-state index in [1.165, 1.54) is 6.20 Å². The number of likely N-dealkylation sites (tertiary alicyclic amines) is 1. The molecule has 3 heterocycles. The van der Waals surface area contributed by atoms with E-state index in [4.69, 9.17) is 9.26 Å². The van der Waals surface area contributed by atoms with Gasteiger partial charge in [-0.3, -0.25) is 4.79 Å². The van der Waals surface area contributed by atoms with Gasteiger partial charge in [0.2, 0.25) is 5.88 Å². The first kappa shape index (κ1) is 13.5. The fourth-order valence-electron chi connectivity index (χ4n) is 2.30. The summed E-state index contributed by atoms with van der Waals surface area (Å²) in [5.41, 5.74) is 1.35. The molecular formula is C14H16N4O3. The molecule has 1 atom stereocenters. The lowest BCUT2D eigenvalue weighted by molar-refractivity contribution is 0.0769. The topological polar surface area (TPSA) is 81.4 Å². The third kappa shape index (κ3) is 2.86. The molecular weight excluding hydrogens is 272 g/mol. The summed E-state index contributed by atoms with van der Waals surface area (Å²) in [6, 6.07) is 3.64. The summed E-state index contributed by atoms with van der Waals surface area (Å²) in [7, 11) is 0. The molecule has 1 unspecified atom stereocenters. The molecule has 21 heavy (non-hydrogen) atoms. The van der Waals surface area contributed by atoms with E-state index in [1.54, 1.807) is 17.9 Å². The lowest BCUT2D eigenvalue weighted by atomic mass is 10.2. The average molecular weight is 288 g/mol. The minimum absolute atomic E-state index is 0.0638. The Kier molecular flexibility index (Phi) is 3.55. The molecule has 0 bridgehead atoms. The highest BCUT2D eigenvalue weighted by Crippen LogP contribution is 2.19. The maximum Gasteiger partial charge on any atom is 0.259 e. The molecule has 7 nitrogen and oxygen atoms in total. The van der Waals surface area contributed by atoms with Crippen LogP contribution >= 0.6 is 0 Å². The van der Waals surface area contributed by atoms with Crippen LogP contribution in [0.1, 0.15) is 28.2 Å². The van der Waals surface area contributed by atoms with E-state index in [1.807, 2.05) is 13.0 Å². The van der Waals surface area contributed by atoms with Crippen molar-refractivity contribution in [3.8, 4) is 5.88 Å². The van der Waals surface area contributed by atoms with E-state index in [0.29, 0.717) is 30.3 Å². The van der Waals surface area contributed by atoms with Gasteiger partial charge in [0.15, 0.2) is 0 Å². The Labute approximate surface area is 121 Å². The second-order valence-corrected chi connectivity index (χ2v) is 5.09. The first-order chi connectivity index (χ1) is 10.1. The number of amides is 1. The molecule has 3 rings (SSSR count). The second-order valence-electron chi connectivity index (χ2n) is 5.09. The van der Waals surface area contributed by atoms with Gasteiger partial charge >= 0.3 is 0 Å². The molecule has 1 aliphatic heterocycles. The molecule has 0 saturated carbocycles. The van der Waals surface area contributed by atoms with Crippen LogP contribution in [-0.4, -0.2) is 45.4 Å². The summed E-state index contributed by atoms with van der Waals surface area (Å²) in [6.07, 6.45) is 2.16. The highest BCUT2D eigenvalue weighted by molar-refractivity contribution is 5.94. The summed E-state index contributed by atoms with van der Waals surface area (Å²) in [6.45, 7) is 4.77. The number of rotatable bonds is 3. The van der Waals surface area contributed by atoms with Crippen molar-refractivity contribution in [1.29, 1.82) is 0 Å². The van der Waals surface area contributed by atoms with Crippen molar-refractivity contribution < 1.29 is 14.1 Å². The predicted octanol–water partition coefficient (Wildman–Crippen LogP) is 1.37. The molecule has 0 aliphatic carbocycles. The second kappa shape index (κ2) is 5.51. The summed E-state index contributed by atoms with van der Waals surface area (Å²) >= 11 is 0. The molecule has 2 aromatic heterocycles. The number of aryl methyl sites for hydroxylation is 2. The maximum atomic E-state index is 12.3. The highest BCUT2D eigenvalue weighted by atomic mass is 16.5. The Hall–Kier alpha value is -2.44. The van der Waals surface area contributed by atoms with Crippen LogP contribution in [0.15, 0.2) is 22.9 Å². The summed E-state index contributed by atoms with van der Waals surface area (Å²) in [5.74, 6) is 0.949. The van der Waals surface area contributed by atoms with Crippen LogP contribution in [0, 0.1) is 13.8 Å². The number of aromatic nitrogens is 3. The van der Waals surface area contributed by atoms with Crippen molar-refractivity contribution in [3.63, 3.8) is 0 Å². The fraction of sp³-hybridized carbons (Fsp3) is 0.429. The van der Waals surface area contributed by atoms with Gasteiger partial charge in [0.05, 0.1) is 18.4 Å². The van der Waals surface area contributed by atoms with Crippen LogP contribution in [0.4, 0.5) is 0 Å². The van der Waals surface area contributed by atoms with Crippen LogP contribution in [-0.2, 0) is 0 Å². The van der Waals surface area contributed by atoms with Crippen molar-refractivity contribution in [1.82, 2.24) is 20.3 Å². The van der Waals surface area contributed by atoms with E-state index in [2.05, 4.69) is 15.4 Å². The predicted molar refractivity (Wildman–Crippen MR) is 72.9 cm³/mol. The van der Waals surface area contributed by atoms with Gasteiger partial charge < -0.3 is 14.2 Å². The number of ether oxygens (including phenoxy) is 1. The minimum atomic E-state index is -0.0742. The summed E-state index contributed by atoms with van der Waals surface area (Å²) < 4.78 is 10.7. The molecule has 1 amide bonds. The quantitative estimate of drug-likeness (QED) is 0.848. The molecule has 2 aromatic rings. The van der Waals surface area contributed by atoms with E-state index >= 15 is 0 Å². The van der Waals surface area contributed by atoms with Crippen LogP contribution in [0.2, 0.25) is 0 Å². The SMILES string of the molecule is Cc1ccc(OC2CCN(C(=O)c3cnoc3C)C2)nn1. The van der Waals surface area contributed by atoms with Crippen molar-refractivity contribution >= 4 is 5.91 Å². The molecule has 110 valence electrons. The Morgan fingerprint density at radius 1 is 1.38 bits per heavy atom. The maximum absolute atomic E-state index is 12.3. The third-order valence-corrected chi connectivity index (χ3v) is 3.47. The lowest BCUT2D eigenvalue weighted by Crippen LogP contribution is -2.31. The van der Waals surface area contributed by atoms with E-state index < -0.39 is 0 Å².